The number of hydrazone groups is 1. The number of nitrogens with one attached hydrogen (secondary N) is 1. The molecule has 0 bridgehead atoms. The van der Waals surface area contributed by atoms with Gasteiger partial charge in [-0.1, -0.05) is 23.2 Å². The number of hydrogen-bond donors (Lipinski definition) is 1. The van der Waals surface area contributed by atoms with Gasteiger partial charge in [-0.2, -0.15) is 5.10 Å². The zero-order valence-electron chi connectivity index (χ0n) is 12.3. The molecule has 4 nitrogen and oxygen atoms in total. The predicted molar refractivity (Wildman–Crippen MR) is 91.8 cm³/mol. The van der Waals surface area contributed by atoms with Crippen LogP contribution in [0.1, 0.15) is 12.5 Å². The molecule has 0 aliphatic carbocycles. The fourth-order valence-corrected chi connectivity index (χ4v) is 2.08. The summed E-state index contributed by atoms with van der Waals surface area (Å²) in [5, 5.41) is 5.14. The van der Waals surface area contributed by atoms with Crippen LogP contribution in [-0.2, 0) is 0 Å². The van der Waals surface area contributed by atoms with Gasteiger partial charge in [-0.3, -0.25) is 5.43 Å². The van der Waals surface area contributed by atoms with Crippen molar-refractivity contribution in [2.75, 3.05) is 19.1 Å². The van der Waals surface area contributed by atoms with Crippen molar-refractivity contribution in [3.05, 3.63) is 52.0 Å². The van der Waals surface area contributed by atoms with Crippen molar-refractivity contribution in [1.29, 1.82) is 0 Å². The molecule has 116 valence electrons. The monoisotopic (exact) mass is 338 g/mol. The van der Waals surface area contributed by atoms with E-state index in [9.17, 15) is 0 Å². The summed E-state index contributed by atoms with van der Waals surface area (Å²) in [6, 6.07) is 10.8. The maximum atomic E-state index is 5.94. The second kappa shape index (κ2) is 7.92. The number of nitrogens with zero attached hydrogens (tertiary/aromatic N) is 1. The predicted octanol–water partition coefficient (Wildman–Crippen LogP) is 4.85. The smallest absolute Gasteiger partial charge is 0.161 e. The van der Waals surface area contributed by atoms with Crippen LogP contribution in [0.25, 0.3) is 0 Å². The first kappa shape index (κ1) is 16.5. The fraction of sp³-hybridized carbons (Fsp3) is 0.188. The van der Waals surface area contributed by atoms with Crippen LogP contribution < -0.4 is 14.9 Å². The molecule has 0 fully saturated rings. The quantitative estimate of drug-likeness (QED) is 0.604. The van der Waals surface area contributed by atoms with Gasteiger partial charge >= 0.3 is 0 Å². The molecule has 0 aliphatic heterocycles. The van der Waals surface area contributed by atoms with Gasteiger partial charge in [0.1, 0.15) is 0 Å². The van der Waals surface area contributed by atoms with Crippen LogP contribution >= 0.6 is 23.2 Å². The first-order valence-corrected chi connectivity index (χ1v) is 7.44. The number of benzene rings is 2. The molecule has 0 saturated heterocycles. The molecule has 0 radical (unpaired) electrons. The Morgan fingerprint density at radius 2 is 1.91 bits per heavy atom. The molecule has 0 atom stereocenters. The topological polar surface area (TPSA) is 42.8 Å². The maximum Gasteiger partial charge on any atom is 0.161 e. The highest BCUT2D eigenvalue weighted by atomic mass is 35.5. The van der Waals surface area contributed by atoms with Gasteiger partial charge in [-0.05, 0) is 48.9 Å². The number of halogens is 2. The van der Waals surface area contributed by atoms with Crippen molar-refractivity contribution < 1.29 is 9.47 Å². The molecule has 6 heteroatoms. The molecule has 2 aromatic carbocycles. The Morgan fingerprint density at radius 3 is 2.59 bits per heavy atom. The van der Waals surface area contributed by atoms with Crippen molar-refractivity contribution in [3.63, 3.8) is 0 Å². The first-order chi connectivity index (χ1) is 10.6. The number of ether oxygens (including phenoxy) is 2. The number of hydrogen-bond acceptors (Lipinski definition) is 4. The first-order valence-electron chi connectivity index (χ1n) is 6.69. The Balaban J connectivity index is 2.07. The van der Waals surface area contributed by atoms with E-state index in [2.05, 4.69) is 10.5 Å². The standard InChI is InChI=1S/C16H16Cl2N2O2/c1-3-22-15-7-4-11(8-16(15)21-2)10-19-20-12-5-6-13(17)14(18)9-12/h4-10,20H,3H2,1-2H3/b19-10-. The van der Waals surface area contributed by atoms with Crippen molar-refractivity contribution in [2.45, 2.75) is 6.92 Å². The van der Waals surface area contributed by atoms with Crippen LogP contribution in [0.3, 0.4) is 0 Å². The summed E-state index contributed by atoms with van der Waals surface area (Å²) < 4.78 is 10.8. The molecule has 2 rings (SSSR count). The van der Waals surface area contributed by atoms with E-state index >= 15 is 0 Å². The normalized spacial score (nSPS) is 10.7. The van der Waals surface area contributed by atoms with Gasteiger partial charge in [0.05, 0.1) is 35.7 Å². The molecule has 0 saturated carbocycles. The lowest BCUT2D eigenvalue weighted by Gasteiger charge is -2.09. The average Bonchev–Trinajstić information content (AvgIpc) is 2.52. The summed E-state index contributed by atoms with van der Waals surface area (Å²) in [4.78, 5) is 0. The highest BCUT2D eigenvalue weighted by Gasteiger charge is 2.04. The molecule has 0 aliphatic rings. The summed E-state index contributed by atoms with van der Waals surface area (Å²) in [5.74, 6) is 1.37. The lowest BCUT2D eigenvalue weighted by molar-refractivity contribution is 0.311. The molecular weight excluding hydrogens is 323 g/mol. The molecule has 0 unspecified atom stereocenters. The summed E-state index contributed by atoms with van der Waals surface area (Å²) >= 11 is 11.8. The SMILES string of the molecule is CCOc1ccc(/C=N\Nc2ccc(Cl)c(Cl)c2)cc1OC. The molecular formula is C16H16Cl2N2O2. The number of methoxy groups -OCH3 is 1. The van der Waals surface area contributed by atoms with E-state index in [4.69, 9.17) is 32.7 Å². The molecule has 0 spiro atoms. The van der Waals surface area contributed by atoms with Crippen molar-refractivity contribution in [1.82, 2.24) is 0 Å². The lowest BCUT2D eigenvalue weighted by Crippen LogP contribution is -1.97. The van der Waals surface area contributed by atoms with Gasteiger partial charge in [0.25, 0.3) is 0 Å². The molecule has 0 aromatic heterocycles. The van der Waals surface area contributed by atoms with E-state index in [0.29, 0.717) is 28.2 Å². The third kappa shape index (κ3) is 4.29. The van der Waals surface area contributed by atoms with Gasteiger partial charge in [0.15, 0.2) is 11.5 Å². The third-order valence-electron chi connectivity index (χ3n) is 2.81. The van der Waals surface area contributed by atoms with E-state index in [1.54, 1.807) is 31.5 Å². The van der Waals surface area contributed by atoms with Gasteiger partial charge < -0.3 is 9.47 Å². The van der Waals surface area contributed by atoms with Gasteiger partial charge in [0.2, 0.25) is 0 Å². The Morgan fingerprint density at radius 1 is 1.09 bits per heavy atom. The Bertz CT molecular complexity index is 675. The lowest BCUT2D eigenvalue weighted by atomic mass is 10.2. The number of rotatable bonds is 6. The van der Waals surface area contributed by atoms with Crippen LogP contribution in [0, 0.1) is 0 Å². The highest BCUT2D eigenvalue weighted by molar-refractivity contribution is 6.42. The van der Waals surface area contributed by atoms with Crippen LogP contribution in [-0.4, -0.2) is 19.9 Å². The summed E-state index contributed by atoms with van der Waals surface area (Å²) in [6.07, 6.45) is 1.68. The molecule has 22 heavy (non-hydrogen) atoms. The number of anilines is 1. The minimum Gasteiger partial charge on any atom is -0.493 e. The highest BCUT2D eigenvalue weighted by Crippen LogP contribution is 2.27. The van der Waals surface area contributed by atoms with Gasteiger partial charge in [0, 0.05) is 0 Å². The van der Waals surface area contributed by atoms with E-state index in [1.165, 1.54) is 0 Å². The van der Waals surface area contributed by atoms with Crippen LogP contribution in [0.4, 0.5) is 5.69 Å². The second-order valence-corrected chi connectivity index (χ2v) is 5.16. The van der Waals surface area contributed by atoms with E-state index in [1.807, 2.05) is 25.1 Å². The van der Waals surface area contributed by atoms with Gasteiger partial charge in [-0.15, -0.1) is 0 Å². The van der Waals surface area contributed by atoms with Crippen molar-refractivity contribution in [2.24, 2.45) is 5.10 Å². The minimum absolute atomic E-state index is 0.476. The largest absolute Gasteiger partial charge is 0.493 e. The molecule has 1 N–H and O–H groups in total. The second-order valence-electron chi connectivity index (χ2n) is 4.34. The Hall–Kier alpha value is -1.91. The summed E-state index contributed by atoms with van der Waals surface area (Å²) in [5.41, 5.74) is 4.53. The summed E-state index contributed by atoms with van der Waals surface area (Å²) in [7, 11) is 1.60. The fourth-order valence-electron chi connectivity index (χ4n) is 1.79. The summed E-state index contributed by atoms with van der Waals surface area (Å²) in [6.45, 7) is 2.51. The van der Waals surface area contributed by atoms with Crippen LogP contribution in [0.2, 0.25) is 10.0 Å². The molecule has 0 amide bonds. The van der Waals surface area contributed by atoms with E-state index < -0.39 is 0 Å². The van der Waals surface area contributed by atoms with Crippen molar-refractivity contribution >= 4 is 35.1 Å². The maximum absolute atomic E-state index is 5.94. The Kier molecular flexibility index (Phi) is 5.92. The van der Waals surface area contributed by atoms with Crippen LogP contribution in [0.5, 0.6) is 11.5 Å². The zero-order chi connectivity index (χ0) is 15.9. The van der Waals surface area contributed by atoms with Crippen molar-refractivity contribution in [3.8, 4) is 11.5 Å². The average molecular weight is 339 g/mol. The van der Waals surface area contributed by atoms with Crippen LogP contribution in [0.15, 0.2) is 41.5 Å². The van der Waals surface area contributed by atoms with Gasteiger partial charge in [-0.25, -0.2) is 0 Å². The third-order valence-corrected chi connectivity index (χ3v) is 3.55. The van der Waals surface area contributed by atoms with E-state index in [0.717, 1.165) is 11.3 Å². The minimum atomic E-state index is 0.476. The van der Waals surface area contributed by atoms with E-state index in [-0.39, 0.29) is 0 Å². The zero-order valence-corrected chi connectivity index (χ0v) is 13.8. The molecule has 2 aromatic rings. The Labute approximate surface area is 139 Å². The molecule has 0 heterocycles.